The second-order valence-electron chi connectivity index (χ2n) is 10.0. The van der Waals surface area contributed by atoms with Crippen molar-refractivity contribution < 1.29 is 26.3 Å². The molecule has 214 valence electrons. The maximum absolute atomic E-state index is 15.6. The van der Waals surface area contributed by atoms with E-state index >= 15 is 17.6 Å². The van der Waals surface area contributed by atoms with Crippen LogP contribution in [0.3, 0.4) is 0 Å². The van der Waals surface area contributed by atoms with Gasteiger partial charge in [-0.15, -0.1) is 0 Å². The van der Waals surface area contributed by atoms with Crippen LogP contribution in [0.2, 0.25) is 0 Å². The third-order valence-corrected chi connectivity index (χ3v) is 14.0. The molecule has 0 bridgehead atoms. The van der Waals surface area contributed by atoms with Crippen molar-refractivity contribution in [2.24, 2.45) is 0 Å². The summed E-state index contributed by atoms with van der Waals surface area (Å²) < 4.78 is 92.4. The molecule has 5 rings (SSSR count). The quantitative estimate of drug-likeness (QED) is 0.136. The van der Waals surface area contributed by atoms with Crippen LogP contribution in [-0.4, -0.2) is 11.0 Å². The van der Waals surface area contributed by atoms with Gasteiger partial charge in [0.15, 0.2) is 0 Å². The van der Waals surface area contributed by atoms with Gasteiger partial charge in [-0.1, -0.05) is 74.0 Å². The van der Waals surface area contributed by atoms with E-state index in [1.165, 1.54) is 0 Å². The molecule has 1 saturated heterocycles. The van der Waals surface area contributed by atoms with Crippen LogP contribution in [0.25, 0.3) is 0 Å². The average Bonchev–Trinajstić information content (AvgIpc) is 3.38. The zero-order chi connectivity index (χ0) is 29.1. The van der Waals surface area contributed by atoms with Gasteiger partial charge in [0.25, 0.3) is 0 Å². The fourth-order valence-corrected chi connectivity index (χ4v) is 13.0. The number of hydrogen-bond acceptors (Lipinski definition) is 1. The molecule has 1 fully saturated rings. The van der Waals surface area contributed by atoms with Crippen molar-refractivity contribution in [3.8, 4) is 0 Å². The van der Waals surface area contributed by atoms with Crippen LogP contribution < -0.4 is 10.6 Å². The first-order valence-corrected chi connectivity index (χ1v) is 16.3. The second-order valence-corrected chi connectivity index (χ2v) is 14.8. The average molecular weight is 604 g/mol. The molecule has 0 spiro atoms. The summed E-state index contributed by atoms with van der Waals surface area (Å²) in [6.07, 6.45) is 2.85. The highest BCUT2D eigenvalue weighted by Crippen LogP contribution is 2.76. The highest BCUT2D eigenvalue weighted by Gasteiger charge is 2.46. The summed E-state index contributed by atoms with van der Waals surface area (Å²) in [4.78, 5) is 0. The number of benzene rings is 4. The maximum atomic E-state index is 15.6. The fourth-order valence-electron chi connectivity index (χ4n) is 5.54. The molecule has 4 aromatic rings. The maximum Gasteiger partial charge on any atom is 0.138 e. The standard InChI is InChI=1S/C32H29F6NP2/c1-2-3-16-39(40-29(21-10-6-4-7-11-21)14-15-30(40)22-12-8-5-9-13-22)41(31-25(35)17-23(33)18-26(31)36)32-27(37)19-24(34)20-28(32)38/h4-13,17-20,29-30H,2-3,14-16H2,1H3. The second kappa shape index (κ2) is 13.1. The lowest BCUT2D eigenvalue weighted by Crippen LogP contribution is -2.33. The Hall–Kier alpha value is -2.72. The summed E-state index contributed by atoms with van der Waals surface area (Å²) in [5, 5.41) is -1.18. The van der Waals surface area contributed by atoms with E-state index in [-0.39, 0.29) is 11.3 Å². The van der Waals surface area contributed by atoms with Gasteiger partial charge in [-0.3, -0.25) is 4.44 Å². The van der Waals surface area contributed by atoms with E-state index in [9.17, 15) is 8.78 Å². The van der Waals surface area contributed by atoms with E-state index in [0.717, 1.165) is 30.4 Å². The third kappa shape index (κ3) is 6.23. The molecule has 0 saturated carbocycles. The highest BCUT2D eigenvalue weighted by atomic mass is 31.2. The van der Waals surface area contributed by atoms with Gasteiger partial charge in [0.05, 0.1) is 10.6 Å². The van der Waals surface area contributed by atoms with Crippen molar-refractivity contribution in [3.63, 3.8) is 0 Å². The van der Waals surface area contributed by atoms with Crippen molar-refractivity contribution >= 4 is 26.8 Å². The van der Waals surface area contributed by atoms with E-state index in [4.69, 9.17) is 0 Å². The van der Waals surface area contributed by atoms with E-state index in [1.807, 2.05) is 72.0 Å². The Morgan fingerprint density at radius 3 is 1.41 bits per heavy atom. The topological polar surface area (TPSA) is 3.24 Å². The first-order valence-electron chi connectivity index (χ1n) is 13.5. The molecule has 41 heavy (non-hydrogen) atoms. The van der Waals surface area contributed by atoms with Gasteiger partial charge in [0.2, 0.25) is 0 Å². The predicted octanol–water partition coefficient (Wildman–Crippen LogP) is 9.64. The molecule has 0 N–H and O–H groups in total. The minimum absolute atomic E-state index is 0.0589. The smallest absolute Gasteiger partial charge is 0.138 e. The Bertz CT molecular complexity index is 1340. The van der Waals surface area contributed by atoms with Crippen LogP contribution in [0.1, 0.15) is 55.1 Å². The summed E-state index contributed by atoms with van der Waals surface area (Å²) in [5.41, 5.74) is 1.95. The number of unbranched alkanes of at least 4 members (excludes halogenated alkanes) is 1. The SMILES string of the molecule is CCCCN(P(c1c(F)cc(F)cc1F)c1c(F)cc(F)cc1F)P1C(c2ccccc2)CCC1c1ccccc1. The van der Waals surface area contributed by atoms with Crippen molar-refractivity contribution in [3.05, 3.63) is 131 Å². The lowest BCUT2D eigenvalue weighted by molar-refractivity contribution is 0.548. The van der Waals surface area contributed by atoms with E-state index in [1.54, 1.807) is 0 Å². The zero-order valence-electron chi connectivity index (χ0n) is 22.4. The molecule has 4 aromatic carbocycles. The summed E-state index contributed by atoms with van der Waals surface area (Å²) in [7, 11) is -3.89. The Kier molecular flexibility index (Phi) is 9.49. The van der Waals surface area contributed by atoms with E-state index < -0.39 is 61.7 Å². The highest BCUT2D eigenvalue weighted by molar-refractivity contribution is 7.79. The largest absolute Gasteiger partial charge is 0.251 e. The van der Waals surface area contributed by atoms with Crippen molar-refractivity contribution in [1.82, 2.24) is 4.44 Å². The van der Waals surface area contributed by atoms with Gasteiger partial charge < -0.3 is 0 Å². The summed E-state index contributed by atoms with van der Waals surface area (Å²) in [5.74, 6) is -7.15. The summed E-state index contributed by atoms with van der Waals surface area (Å²) in [6.45, 7) is 2.26. The molecule has 0 aromatic heterocycles. The molecule has 1 aliphatic rings. The molecular weight excluding hydrogens is 574 g/mol. The molecule has 2 atom stereocenters. The molecule has 1 heterocycles. The lowest BCUT2D eigenvalue weighted by atomic mass is 10.0. The van der Waals surface area contributed by atoms with Crippen molar-refractivity contribution in [2.45, 2.75) is 43.9 Å². The Labute approximate surface area is 238 Å². The molecule has 1 aliphatic heterocycles. The van der Waals surface area contributed by atoms with Gasteiger partial charge in [0, 0.05) is 50.2 Å². The first-order chi connectivity index (χ1) is 19.8. The van der Waals surface area contributed by atoms with Gasteiger partial charge in [-0.2, -0.15) is 0 Å². The molecule has 0 amide bonds. The third-order valence-electron chi connectivity index (χ3n) is 7.32. The lowest BCUT2D eigenvalue weighted by Gasteiger charge is -2.42. The van der Waals surface area contributed by atoms with E-state index in [2.05, 4.69) is 0 Å². The van der Waals surface area contributed by atoms with Crippen LogP contribution in [-0.2, 0) is 0 Å². The van der Waals surface area contributed by atoms with Gasteiger partial charge in [-0.05, 0) is 38.5 Å². The first kappa shape index (κ1) is 29.8. The molecule has 9 heteroatoms. The normalized spacial score (nSPS) is 18.9. The molecule has 0 radical (unpaired) electrons. The summed E-state index contributed by atoms with van der Waals surface area (Å²) >= 11 is 0. The van der Waals surface area contributed by atoms with Gasteiger partial charge >= 0.3 is 0 Å². The molecular formula is C32H29F6NP2. The number of nitrogens with zero attached hydrogens (tertiary/aromatic N) is 1. The molecule has 0 aliphatic carbocycles. The van der Waals surface area contributed by atoms with Gasteiger partial charge in [0.1, 0.15) is 34.9 Å². The zero-order valence-corrected chi connectivity index (χ0v) is 24.2. The van der Waals surface area contributed by atoms with Crippen molar-refractivity contribution in [1.29, 1.82) is 0 Å². The van der Waals surface area contributed by atoms with Gasteiger partial charge in [-0.25, -0.2) is 26.3 Å². The minimum Gasteiger partial charge on any atom is -0.251 e. The van der Waals surface area contributed by atoms with Crippen LogP contribution in [0.4, 0.5) is 26.3 Å². The summed E-state index contributed by atoms with van der Waals surface area (Å²) in [6, 6.07) is 21.7. The van der Waals surface area contributed by atoms with Crippen molar-refractivity contribution in [2.75, 3.05) is 6.54 Å². The Morgan fingerprint density at radius 1 is 0.659 bits per heavy atom. The predicted molar refractivity (Wildman–Crippen MR) is 155 cm³/mol. The monoisotopic (exact) mass is 603 g/mol. The number of rotatable bonds is 9. The number of halogens is 6. The Balaban J connectivity index is 1.78. The van der Waals surface area contributed by atoms with Crippen LogP contribution in [0, 0.1) is 34.9 Å². The fraction of sp³-hybridized carbons (Fsp3) is 0.250. The van der Waals surface area contributed by atoms with Crippen LogP contribution in [0.5, 0.6) is 0 Å². The minimum atomic E-state index is -2.55. The van der Waals surface area contributed by atoms with Crippen LogP contribution in [0.15, 0.2) is 84.9 Å². The van der Waals surface area contributed by atoms with E-state index in [0.29, 0.717) is 37.2 Å². The molecule has 1 nitrogen and oxygen atoms in total. The molecule has 2 unspecified atom stereocenters. The number of hydrogen-bond donors (Lipinski definition) is 0. The van der Waals surface area contributed by atoms with Crippen LogP contribution >= 0.6 is 16.1 Å². The Morgan fingerprint density at radius 2 is 1.05 bits per heavy atom.